The minimum absolute atomic E-state index is 0.459. The number of methoxy groups -OCH3 is 1. The molecule has 14 heavy (non-hydrogen) atoms. The van der Waals surface area contributed by atoms with Crippen molar-refractivity contribution in [2.45, 2.75) is 0 Å². The van der Waals surface area contributed by atoms with E-state index in [9.17, 15) is 9.59 Å². The molecule has 0 saturated heterocycles. The van der Waals surface area contributed by atoms with Gasteiger partial charge in [0, 0.05) is 12.6 Å². The monoisotopic (exact) mass is 193 g/mol. The molecule has 0 unspecified atom stereocenters. The molecule has 1 rings (SSSR count). The van der Waals surface area contributed by atoms with E-state index in [4.69, 9.17) is 0 Å². The number of nitrogens with zero attached hydrogens (tertiary/aromatic N) is 1. The summed E-state index contributed by atoms with van der Waals surface area (Å²) in [4.78, 5) is 23.1. The van der Waals surface area contributed by atoms with Crippen LogP contribution in [0.2, 0.25) is 0 Å². The van der Waals surface area contributed by atoms with Gasteiger partial charge in [0.25, 0.3) is 0 Å². The van der Waals surface area contributed by atoms with Crippen LogP contribution in [0.1, 0.15) is 10.4 Å². The van der Waals surface area contributed by atoms with Crippen LogP contribution in [0.3, 0.4) is 0 Å². The molecule has 0 atom stereocenters. The molecule has 0 heterocycles. The highest BCUT2D eigenvalue weighted by Crippen LogP contribution is 2.17. The van der Waals surface area contributed by atoms with Crippen molar-refractivity contribution in [1.29, 1.82) is 0 Å². The summed E-state index contributed by atoms with van der Waals surface area (Å²) in [6, 6.07) is 6.81. The molecule has 0 aliphatic heterocycles. The number of ether oxygens (including phenoxy) is 1. The van der Waals surface area contributed by atoms with Crippen LogP contribution in [0, 0.1) is 0 Å². The highest BCUT2D eigenvalue weighted by Gasteiger charge is 2.13. The first-order valence-electron chi connectivity index (χ1n) is 4.06. The van der Waals surface area contributed by atoms with Gasteiger partial charge in [-0.3, -0.25) is 9.69 Å². The van der Waals surface area contributed by atoms with Gasteiger partial charge in [-0.1, -0.05) is 12.1 Å². The zero-order valence-electron chi connectivity index (χ0n) is 8.06. The van der Waals surface area contributed by atoms with E-state index in [0.29, 0.717) is 17.5 Å². The van der Waals surface area contributed by atoms with Gasteiger partial charge in [0.15, 0.2) is 6.29 Å². The van der Waals surface area contributed by atoms with E-state index in [-0.39, 0.29) is 0 Å². The molecule has 0 spiro atoms. The normalized spacial score (nSPS) is 9.29. The van der Waals surface area contributed by atoms with Gasteiger partial charge in [0.05, 0.1) is 12.8 Å². The van der Waals surface area contributed by atoms with Crippen LogP contribution < -0.4 is 4.90 Å². The first-order valence-corrected chi connectivity index (χ1v) is 4.06. The minimum atomic E-state index is -0.501. The van der Waals surface area contributed by atoms with E-state index in [1.165, 1.54) is 12.0 Å². The Morgan fingerprint density at radius 2 is 2.07 bits per heavy atom. The van der Waals surface area contributed by atoms with Crippen molar-refractivity contribution < 1.29 is 14.3 Å². The number of carbonyl (C=O) groups excluding carboxylic acids is 2. The molecular formula is C10H11NO3. The highest BCUT2D eigenvalue weighted by molar-refractivity contribution is 5.94. The topological polar surface area (TPSA) is 46.6 Å². The Kier molecular flexibility index (Phi) is 3.23. The average Bonchev–Trinajstić information content (AvgIpc) is 2.26. The van der Waals surface area contributed by atoms with E-state index in [2.05, 4.69) is 4.74 Å². The lowest BCUT2D eigenvalue weighted by atomic mass is 10.2. The van der Waals surface area contributed by atoms with Gasteiger partial charge in [0.1, 0.15) is 0 Å². The summed E-state index contributed by atoms with van der Waals surface area (Å²) in [6.45, 7) is 0. The molecule has 1 amide bonds. The molecule has 0 aliphatic carbocycles. The SMILES string of the molecule is COC(=O)N(C)c1ccccc1C=O. The van der Waals surface area contributed by atoms with Gasteiger partial charge in [0.2, 0.25) is 0 Å². The number of hydrogen-bond acceptors (Lipinski definition) is 3. The Balaban J connectivity index is 3.05. The molecule has 0 fully saturated rings. The van der Waals surface area contributed by atoms with E-state index in [1.807, 2.05) is 0 Å². The van der Waals surface area contributed by atoms with E-state index < -0.39 is 6.09 Å². The van der Waals surface area contributed by atoms with E-state index >= 15 is 0 Å². The summed E-state index contributed by atoms with van der Waals surface area (Å²) in [7, 11) is 2.84. The van der Waals surface area contributed by atoms with Crippen molar-refractivity contribution >= 4 is 18.1 Å². The molecule has 1 aromatic carbocycles. The summed E-state index contributed by atoms with van der Waals surface area (Å²) in [6.07, 6.45) is 0.202. The van der Waals surface area contributed by atoms with Gasteiger partial charge < -0.3 is 4.74 Å². The maximum atomic E-state index is 11.2. The minimum Gasteiger partial charge on any atom is -0.452 e. The molecule has 0 aromatic heterocycles. The molecule has 74 valence electrons. The van der Waals surface area contributed by atoms with Crippen LogP contribution in [-0.2, 0) is 4.74 Å². The third kappa shape index (κ3) is 1.90. The second-order valence-corrected chi connectivity index (χ2v) is 2.71. The maximum Gasteiger partial charge on any atom is 0.413 e. The van der Waals surface area contributed by atoms with Crippen molar-refractivity contribution in [3.63, 3.8) is 0 Å². The van der Waals surface area contributed by atoms with Crippen LogP contribution in [0.15, 0.2) is 24.3 Å². The summed E-state index contributed by atoms with van der Waals surface area (Å²) in [5, 5.41) is 0. The molecule has 0 saturated carbocycles. The third-order valence-corrected chi connectivity index (χ3v) is 1.87. The van der Waals surface area contributed by atoms with Gasteiger partial charge in [-0.25, -0.2) is 4.79 Å². The standard InChI is InChI=1S/C10H11NO3/c1-11(10(13)14-2)9-6-4-3-5-8(9)7-12/h3-7H,1-2H3. The Labute approximate surface area is 82.1 Å². The zero-order valence-corrected chi connectivity index (χ0v) is 8.06. The third-order valence-electron chi connectivity index (χ3n) is 1.87. The first-order chi connectivity index (χ1) is 6.70. The Morgan fingerprint density at radius 3 is 2.64 bits per heavy atom. The van der Waals surface area contributed by atoms with Gasteiger partial charge in [-0.2, -0.15) is 0 Å². The number of para-hydroxylation sites is 1. The van der Waals surface area contributed by atoms with Crippen molar-refractivity contribution in [3.05, 3.63) is 29.8 Å². The van der Waals surface area contributed by atoms with Gasteiger partial charge >= 0.3 is 6.09 Å². The first kappa shape index (κ1) is 10.2. The highest BCUT2D eigenvalue weighted by atomic mass is 16.5. The van der Waals surface area contributed by atoms with E-state index in [0.717, 1.165) is 0 Å². The summed E-state index contributed by atoms with van der Waals surface area (Å²) in [5.41, 5.74) is 0.995. The largest absolute Gasteiger partial charge is 0.452 e. The number of rotatable bonds is 2. The number of aldehydes is 1. The van der Waals surface area contributed by atoms with Crippen molar-refractivity contribution in [1.82, 2.24) is 0 Å². The van der Waals surface area contributed by atoms with Crippen LogP contribution >= 0.6 is 0 Å². The number of hydrogen-bond donors (Lipinski definition) is 0. The van der Waals surface area contributed by atoms with Gasteiger partial charge in [-0.15, -0.1) is 0 Å². The lowest BCUT2D eigenvalue weighted by Gasteiger charge is -2.16. The fourth-order valence-electron chi connectivity index (χ4n) is 1.13. The van der Waals surface area contributed by atoms with Crippen molar-refractivity contribution in [2.24, 2.45) is 0 Å². The fourth-order valence-corrected chi connectivity index (χ4v) is 1.13. The molecule has 0 aliphatic rings. The number of benzene rings is 1. The predicted molar refractivity (Wildman–Crippen MR) is 52.6 cm³/mol. The quantitative estimate of drug-likeness (QED) is 0.671. The molecule has 0 bridgehead atoms. The summed E-state index contributed by atoms with van der Waals surface area (Å²) >= 11 is 0. The summed E-state index contributed by atoms with van der Waals surface area (Å²) in [5.74, 6) is 0. The molecule has 0 radical (unpaired) electrons. The second-order valence-electron chi connectivity index (χ2n) is 2.71. The average molecular weight is 193 g/mol. The predicted octanol–water partition coefficient (Wildman–Crippen LogP) is 1.70. The Morgan fingerprint density at radius 1 is 1.43 bits per heavy atom. The van der Waals surface area contributed by atoms with Crippen LogP contribution in [0.4, 0.5) is 10.5 Å². The lowest BCUT2D eigenvalue weighted by Crippen LogP contribution is -2.26. The van der Waals surface area contributed by atoms with Crippen LogP contribution in [0.25, 0.3) is 0 Å². The molecule has 0 N–H and O–H groups in total. The molecule has 4 heteroatoms. The molecular weight excluding hydrogens is 182 g/mol. The maximum absolute atomic E-state index is 11.2. The zero-order chi connectivity index (χ0) is 10.6. The second kappa shape index (κ2) is 4.41. The number of carbonyl (C=O) groups is 2. The lowest BCUT2D eigenvalue weighted by molar-refractivity contribution is 0.112. The molecule has 4 nitrogen and oxygen atoms in total. The Bertz CT molecular complexity index is 349. The number of amides is 1. The molecule has 1 aromatic rings. The van der Waals surface area contributed by atoms with Crippen LogP contribution in [-0.4, -0.2) is 26.5 Å². The van der Waals surface area contributed by atoms with Crippen molar-refractivity contribution in [3.8, 4) is 0 Å². The Hall–Kier alpha value is -1.84. The van der Waals surface area contributed by atoms with Crippen molar-refractivity contribution in [2.75, 3.05) is 19.1 Å². The fraction of sp³-hybridized carbons (Fsp3) is 0.200. The number of anilines is 1. The summed E-state index contributed by atoms with van der Waals surface area (Å²) < 4.78 is 4.54. The van der Waals surface area contributed by atoms with E-state index in [1.54, 1.807) is 31.3 Å². The smallest absolute Gasteiger partial charge is 0.413 e. The van der Waals surface area contributed by atoms with Gasteiger partial charge in [-0.05, 0) is 12.1 Å². The van der Waals surface area contributed by atoms with Crippen LogP contribution in [0.5, 0.6) is 0 Å².